The molecule has 1 fully saturated rings. The molecule has 0 unspecified atom stereocenters. The largest absolute Gasteiger partial charge is 0.385 e. The van der Waals surface area contributed by atoms with E-state index in [9.17, 15) is 14.9 Å². The number of carbonyl (C=O) groups is 1. The molecular formula is C23H27ClN4O4. The Morgan fingerprint density at radius 1 is 1.25 bits per heavy atom. The van der Waals surface area contributed by atoms with Gasteiger partial charge in [0.15, 0.2) is 0 Å². The third kappa shape index (κ3) is 4.52. The highest BCUT2D eigenvalue weighted by Gasteiger charge is 2.42. The summed E-state index contributed by atoms with van der Waals surface area (Å²) < 4.78 is 5.07. The van der Waals surface area contributed by atoms with Crippen molar-refractivity contribution >= 4 is 34.6 Å². The summed E-state index contributed by atoms with van der Waals surface area (Å²) in [5, 5.41) is 15.0. The predicted octanol–water partition coefficient (Wildman–Crippen LogP) is 3.27. The summed E-state index contributed by atoms with van der Waals surface area (Å²) in [7, 11) is 1.63. The van der Waals surface area contributed by atoms with Crippen molar-refractivity contribution in [1.82, 2.24) is 5.32 Å². The molecule has 1 saturated heterocycles. The number of carbonyl (C=O) groups excluding carboxylic acids is 1. The van der Waals surface area contributed by atoms with Gasteiger partial charge in [-0.1, -0.05) is 23.7 Å². The Balaban J connectivity index is 1.62. The van der Waals surface area contributed by atoms with Crippen LogP contribution < -0.4 is 15.1 Å². The maximum Gasteiger partial charge on any atom is 0.269 e. The first-order chi connectivity index (χ1) is 15.5. The van der Waals surface area contributed by atoms with Gasteiger partial charge in [0.2, 0.25) is 5.91 Å². The highest BCUT2D eigenvalue weighted by atomic mass is 35.5. The maximum atomic E-state index is 13.2. The Morgan fingerprint density at radius 3 is 2.81 bits per heavy atom. The molecule has 2 aliphatic heterocycles. The summed E-state index contributed by atoms with van der Waals surface area (Å²) in [6.07, 6.45) is 1.20. The van der Waals surface area contributed by atoms with E-state index in [1.54, 1.807) is 19.2 Å². The molecule has 9 heteroatoms. The second-order valence-electron chi connectivity index (χ2n) is 8.18. The summed E-state index contributed by atoms with van der Waals surface area (Å²) in [4.78, 5) is 28.6. The van der Waals surface area contributed by atoms with Crippen LogP contribution in [0.25, 0.3) is 0 Å². The summed E-state index contributed by atoms with van der Waals surface area (Å²) in [5.41, 5.74) is 2.83. The number of amides is 1. The van der Waals surface area contributed by atoms with E-state index in [2.05, 4.69) is 15.1 Å². The van der Waals surface area contributed by atoms with Gasteiger partial charge in [-0.2, -0.15) is 0 Å². The number of non-ortho nitro benzene ring substituents is 1. The van der Waals surface area contributed by atoms with Gasteiger partial charge in [-0.25, -0.2) is 0 Å². The Bertz CT molecular complexity index is 1000. The molecule has 2 atom stereocenters. The number of para-hydroxylation sites is 1. The Hall–Kier alpha value is -2.84. The highest BCUT2D eigenvalue weighted by molar-refractivity contribution is 6.33. The van der Waals surface area contributed by atoms with Gasteiger partial charge in [0.1, 0.15) is 0 Å². The maximum absolute atomic E-state index is 13.2. The van der Waals surface area contributed by atoms with E-state index < -0.39 is 0 Å². The molecule has 2 aromatic carbocycles. The van der Waals surface area contributed by atoms with E-state index in [1.807, 2.05) is 30.3 Å². The number of methoxy groups -OCH3 is 1. The van der Waals surface area contributed by atoms with Gasteiger partial charge >= 0.3 is 0 Å². The van der Waals surface area contributed by atoms with Crippen LogP contribution in [0.4, 0.5) is 17.1 Å². The molecule has 0 aromatic heterocycles. The van der Waals surface area contributed by atoms with Crippen LogP contribution in [0, 0.1) is 16.0 Å². The van der Waals surface area contributed by atoms with Crippen molar-refractivity contribution in [2.45, 2.75) is 18.9 Å². The molecule has 0 bridgehead atoms. The van der Waals surface area contributed by atoms with Crippen LogP contribution in [-0.4, -0.2) is 56.8 Å². The Morgan fingerprint density at radius 2 is 2.06 bits per heavy atom. The van der Waals surface area contributed by atoms with E-state index in [0.29, 0.717) is 37.7 Å². The van der Waals surface area contributed by atoms with Gasteiger partial charge in [-0.05, 0) is 36.6 Å². The normalized spacial score (nSPS) is 19.8. The summed E-state index contributed by atoms with van der Waals surface area (Å²) >= 11 is 6.45. The Kier molecular flexibility index (Phi) is 6.81. The van der Waals surface area contributed by atoms with E-state index >= 15 is 0 Å². The average Bonchev–Trinajstić information content (AvgIpc) is 2.80. The summed E-state index contributed by atoms with van der Waals surface area (Å²) in [5.74, 6) is -0.355. The Labute approximate surface area is 192 Å². The van der Waals surface area contributed by atoms with Gasteiger partial charge < -0.3 is 19.9 Å². The van der Waals surface area contributed by atoms with Crippen molar-refractivity contribution in [3.8, 4) is 0 Å². The van der Waals surface area contributed by atoms with Crippen molar-refractivity contribution in [1.29, 1.82) is 0 Å². The predicted molar refractivity (Wildman–Crippen MR) is 125 cm³/mol. The van der Waals surface area contributed by atoms with Gasteiger partial charge in [0, 0.05) is 57.7 Å². The lowest BCUT2D eigenvalue weighted by atomic mass is 9.83. The van der Waals surface area contributed by atoms with Gasteiger partial charge in [-0.15, -0.1) is 0 Å². The first kappa shape index (κ1) is 22.4. The van der Waals surface area contributed by atoms with E-state index in [4.69, 9.17) is 16.3 Å². The lowest BCUT2D eigenvalue weighted by Gasteiger charge is -2.49. The third-order valence-corrected chi connectivity index (χ3v) is 6.58. The zero-order valence-corrected chi connectivity index (χ0v) is 18.8. The number of hydrogen-bond acceptors (Lipinski definition) is 6. The summed E-state index contributed by atoms with van der Waals surface area (Å²) in [6.45, 7) is 3.21. The third-order valence-electron chi connectivity index (χ3n) is 6.26. The van der Waals surface area contributed by atoms with Crippen LogP contribution in [-0.2, 0) is 16.0 Å². The number of benzene rings is 2. The molecule has 4 rings (SSSR count). The number of ether oxygens (including phenoxy) is 1. The molecule has 170 valence electrons. The first-order valence-corrected chi connectivity index (χ1v) is 11.2. The number of nitrogens with one attached hydrogen (secondary N) is 1. The van der Waals surface area contributed by atoms with E-state index in [0.717, 1.165) is 29.9 Å². The smallest absolute Gasteiger partial charge is 0.269 e. The standard InChI is InChI=1S/C23H27ClN4O4/c1-32-12-4-9-25-23(29)18-14-16-13-17(28(30)31)7-8-20(16)27-11-10-26(15-22(18)27)21-6-3-2-5-19(21)24/h2-3,5-8,13,18,22H,4,9-12,14-15H2,1H3,(H,25,29)/t18-,22+/m0/s1. The van der Waals surface area contributed by atoms with Crippen molar-refractivity contribution in [3.63, 3.8) is 0 Å². The molecule has 0 aliphatic carbocycles. The molecule has 2 aromatic rings. The number of nitro groups is 1. The number of halogens is 1. The topological polar surface area (TPSA) is 87.9 Å². The molecule has 0 saturated carbocycles. The molecule has 1 amide bonds. The minimum Gasteiger partial charge on any atom is -0.385 e. The average molecular weight is 459 g/mol. The highest BCUT2D eigenvalue weighted by Crippen LogP contribution is 2.39. The van der Waals surface area contributed by atoms with Crippen LogP contribution in [0.5, 0.6) is 0 Å². The molecule has 0 spiro atoms. The minimum absolute atomic E-state index is 0.0331. The number of fused-ring (bicyclic) bond motifs is 3. The molecular weight excluding hydrogens is 432 g/mol. The van der Waals surface area contributed by atoms with Crippen molar-refractivity contribution in [2.24, 2.45) is 5.92 Å². The van der Waals surface area contributed by atoms with Crippen molar-refractivity contribution in [2.75, 3.05) is 49.7 Å². The quantitative estimate of drug-likeness (QED) is 0.389. The number of rotatable bonds is 7. The molecule has 2 aliphatic rings. The lowest BCUT2D eigenvalue weighted by Crippen LogP contribution is -2.61. The number of anilines is 2. The van der Waals surface area contributed by atoms with Crippen LogP contribution in [0.15, 0.2) is 42.5 Å². The van der Waals surface area contributed by atoms with Gasteiger partial charge in [-0.3, -0.25) is 14.9 Å². The van der Waals surface area contributed by atoms with Crippen molar-refractivity contribution in [3.05, 3.63) is 63.2 Å². The fourth-order valence-corrected chi connectivity index (χ4v) is 4.96. The number of piperazine rings is 1. The number of hydrogen-bond donors (Lipinski definition) is 1. The number of nitrogens with zero attached hydrogens (tertiary/aromatic N) is 3. The summed E-state index contributed by atoms with van der Waals surface area (Å²) in [6, 6.07) is 12.6. The molecule has 8 nitrogen and oxygen atoms in total. The minimum atomic E-state index is -0.387. The zero-order valence-electron chi connectivity index (χ0n) is 18.0. The lowest BCUT2D eigenvalue weighted by molar-refractivity contribution is -0.384. The zero-order chi connectivity index (χ0) is 22.7. The molecule has 1 N–H and O–H groups in total. The molecule has 2 heterocycles. The molecule has 0 radical (unpaired) electrons. The van der Waals surface area contributed by atoms with Crippen LogP contribution in [0.3, 0.4) is 0 Å². The second-order valence-corrected chi connectivity index (χ2v) is 8.58. The van der Waals surface area contributed by atoms with Crippen LogP contribution >= 0.6 is 11.6 Å². The van der Waals surface area contributed by atoms with Gasteiger partial charge in [0.25, 0.3) is 5.69 Å². The molecule has 32 heavy (non-hydrogen) atoms. The monoisotopic (exact) mass is 458 g/mol. The van der Waals surface area contributed by atoms with E-state index in [1.165, 1.54) is 0 Å². The second kappa shape index (κ2) is 9.75. The number of nitro benzene ring substituents is 1. The fourth-order valence-electron chi connectivity index (χ4n) is 4.71. The van der Waals surface area contributed by atoms with Crippen LogP contribution in [0.1, 0.15) is 12.0 Å². The van der Waals surface area contributed by atoms with Crippen LogP contribution in [0.2, 0.25) is 5.02 Å². The first-order valence-electron chi connectivity index (χ1n) is 10.8. The SMILES string of the molecule is COCCCNC(=O)[C@H]1Cc2cc([N+](=O)[O-])ccc2N2CCN(c3ccccc3Cl)C[C@H]12. The van der Waals surface area contributed by atoms with E-state index in [-0.39, 0.29) is 28.5 Å². The fraction of sp³-hybridized carbons (Fsp3) is 0.435. The van der Waals surface area contributed by atoms with Crippen molar-refractivity contribution < 1.29 is 14.5 Å². The van der Waals surface area contributed by atoms with Gasteiger partial charge in [0.05, 0.1) is 27.6 Å².